The molecule has 1 N–H and O–H groups in total. The van der Waals surface area contributed by atoms with Crippen LogP contribution < -0.4 is 5.32 Å². The Morgan fingerprint density at radius 2 is 1.59 bits per heavy atom. The minimum atomic E-state index is -4.21. The van der Waals surface area contributed by atoms with Crippen LogP contribution in [-0.2, 0) is 27.9 Å². The van der Waals surface area contributed by atoms with Gasteiger partial charge in [-0.1, -0.05) is 60.2 Å². The second-order valence-corrected chi connectivity index (χ2v) is 11.7. The van der Waals surface area contributed by atoms with Crippen LogP contribution in [0.3, 0.4) is 0 Å². The van der Waals surface area contributed by atoms with Crippen LogP contribution in [0.2, 0.25) is 0 Å². The van der Waals surface area contributed by atoms with Crippen molar-refractivity contribution >= 4 is 15.9 Å². The van der Waals surface area contributed by atoms with Crippen molar-refractivity contribution in [3.8, 4) is 0 Å². The molecular formula is C29H32F2N2O3S. The number of hydrogen-bond acceptors (Lipinski definition) is 3. The quantitative estimate of drug-likeness (QED) is 0.396. The lowest BCUT2D eigenvalue weighted by molar-refractivity contribution is -0.126. The summed E-state index contributed by atoms with van der Waals surface area (Å²) >= 11 is 0. The monoisotopic (exact) mass is 526 g/mol. The Bertz CT molecular complexity index is 1310. The smallest absolute Gasteiger partial charge is 0.246 e. The molecule has 0 radical (unpaired) electrons. The molecule has 3 aromatic carbocycles. The zero-order valence-corrected chi connectivity index (χ0v) is 21.7. The molecule has 37 heavy (non-hydrogen) atoms. The summed E-state index contributed by atoms with van der Waals surface area (Å²) in [5, 5.41) is 3.02. The predicted octanol–water partition coefficient (Wildman–Crippen LogP) is 5.59. The average Bonchev–Trinajstić information content (AvgIpc) is 2.88. The molecule has 5 nitrogen and oxygen atoms in total. The van der Waals surface area contributed by atoms with Crippen LogP contribution in [0, 0.1) is 30.4 Å². The number of aryl methyl sites for hydroxylation is 1. The van der Waals surface area contributed by atoms with E-state index in [1.807, 2.05) is 61.5 Å². The van der Waals surface area contributed by atoms with E-state index in [-0.39, 0.29) is 30.8 Å². The van der Waals surface area contributed by atoms with Gasteiger partial charge in [-0.05, 0) is 61.8 Å². The largest absolute Gasteiger partial charge is 0.352 e. The van der Waals surface area contributed by atoms with Gasteiger partial charge in [-0.3, -0.25) is 4.79 Å². The van der Waals surface area contributed by atoms with Crippen molar-refractivity contribution in [1.82, 2.24) is 9.62 Å². The maximum absolute atomic E-state index is 14.5. The van der Waals surface area contributed by atoms with Gasteiger partial charge >= 0.3 is 0 Å². The lowest BCUT2D eigenvalue weighted by atomic mass is 9.81. The lowest BCUT2D eigenvalue weighted by Crippen LogP contribution is -2.38. The van der Waals surface area contributed by atoms with E-state index in [9.17, 15) is 22.0 Å². The van der Waals surface area contributed by atoms with Gasteiger partial charge in [0, 0.05) is 31.6 Å². The number of sulfonamides is 1. The molecule has 1 saturated carbocycles. The first-order chi connectivity index (χ1) is 17.7. The standard InChI is InChI=1S/C29H32F2N2O3S/c1-21-7-9-22(10-8-21)18-32-29(34)25-13-11-24(12-14-25)20-33(19-23-5-3-2-4-6-23)37(35,36)28-16-15-26(30)17-27(28)31/h2-10,15-17,24-25H,11-14,18-20H2,1H3,(H,32,34). The third kappa shape index (κ3) is 7.02. The fourth-order valence-corrected chi connectivity index (χ4v) is 6.34. The van der Waals surface area contributed by atoms with Gasteiger partial charge in [0.05, 0.1) is 0 Å². The minimum absolute atomic E-state index is 0.0150. The average molecular weight is 527 g/mol. The van der Waals surface area contributed by atoms with Gasteiger partial charge in [-0.25, -0.2) is 17.2 Å². The molecule has 0 saturated heterocycles. The van der Waals surface area contributed by atoms with E-state index >= 15 is 0 Å². The summed E-state index contributed by atoms with van der Waals surface area (Å²) in [7, 11) is -4.21. The van der Waals surface area contributed by atoms with Crippen molar-refractivity contribution in [3.05, 3.63) is 101 Å². The number of halogens is 2. The molecule has 0 heterocycles. The first kappa shape index (κ1) is 26.9. The fourth-order valence-electron chi connectivity index (χ4n) is 4.79. The first-order valence-electron chi connectivity index (χ1n) is 12.5. The van der Waals surface area contributed by atoms with Crippen LogP contribution in [0.5, 0.6) is 0 Å². The number of rotatable bonds is 9. The number of nitrogens with zero attached hydrogens (tertiary/aromatic N) is 1. The van der Waals surface area contributed by atoms with Crippen molar-refractivity contribution in [2.75, 3.05) is 6.54 Å². The third-order valence-corrected chi connectivity index (χ3v) is 8.83. The highest BCUT2D eigenvalue weighted by Gasteiger charge is 2.33. The van der Waals surface area contributed by atoms with Crippen LogP contribution in [0.4, 0.5) is 8.78 Å². The summed E-state index contributed by atoms with van der Waals surface area (Å²) < 4.78 is 56.1. The molecule has 8 heteroatoms. The second-order valence-electron chi connectivity index (χ2n) is 9.78. The highest BCUT2D eigenvalue weighted by Crippen LogP contribution is 2.32. The highest BCUT2D eigenvalue weighted by molar-refractivity contribution is 7.89. The lowest BCUT2D eigenvalue weighted by Gasteiger charge is -2.32. The number of benzene rings is 3. The van der Waals surface area contributed by atoms with Crippen LogP contribution >= 0.6 is 0 Å². The molecule has 1 aliphatic rings. The maximum atomic E-state index is 14.5. The number of carbonyl (C=O) groups excluding carboxylic acids is 1. The van der Waals surface area contributed by atoms with Crippen molar-refractivity contribution in [3.63, 3.8) is 0 Å². The molecule has 1 amide bonds. The van der Waals surface area contributed by atoms with Crippen LogP contribution in [-0.4, -0.2) is 25.2 Å². The molecule has 0 bridgehead atoms. The van der Waals surface area contributed by atoms with E-state index in [0.29, 0.717) is 38.3 Å². The summed E-state index contributed by atoms with van der Waals surface area (Å²) in [6, 6.07) is 19.7. The van der Waals surface area contributed by atoms with E-state index in [1.165, 1.54) is 9.87 Å². The van der Waals surface area contributed by atoms with E-state index in [0.717, 1.165) is 23.3 Å². The van der Waals surface area contributed by atoms with E-state index in [4.69, 9.17) is 0 Å². The minimum Gasteiger partial charge on any atom is -0.352 e. The third-order valence-electron chi connectivity index (χ3n) is 6.98. The second kappa shape index (κ2) is 12.0. The molecule has 1 fully saturated rings. The van der Waals surface area contributed by atoms with E-state index in [1.54, 1.807) is 0 Å². The Labute approximate surface area is 217 Å². The van der Waals surface area contributed by atoms with Crippen LogP contribution in [0.1, 0.15) is 42.4 Å². The molecule has 0 aliphatic heterocycles. The van der Waals surface area contributed by atoms with Crippen LogP contribution in [0.25, 0.3) is 0 Å². The first-order valence-corrected chi connectivity index (χ1v) is 14.0. The van der Waals surface area contributed by atoms with Crippen LogP contribution in [0.15, 0.2) is 77.7 Å². The maximum Gasteiger partial charge on any atom is 0.246 e. The van der Waals surface area contributed by atoms with E-state index < -0.39 is 26.6 Å². The van der Waals surface area contributed by atoms with Crippen molar-refractivity contribution in [2.45, 2.75) is 50.6 Å². The number of amides is 1. The van der Waals surface area contributed by atoms with Crippen molar-refractivity contribution < 1.29 is 22.0 Å². The van der Waals surface area contributed by atoms with Gasteiger partial charge in [-0.2, -0.15) is 4.31 Å². The highest BCUT2D eigenvalue weighted by atomic mass is 32.2. The molecule has 0 unspecified atom stereocenters. The van der Waals surface area contributed by atoms with Gasteiger partial charge in [0.25, 0.3) is 0 Å². The predicted molar refractivity (Wildman–Crippen MR) is 139 cm³/mol. The Morgan fingerprint density at radius 1 is 0.919 bits per heavy atom. The van der Waals surface area contributed by atoms with Crippen molar-refractivity contribution in [1.29, 1.82) is 0 Å². The molecule has 4 rings (SSSR count). The topological polar surface area (TPSA) is 66.5 Å². The Morgan fingerprint density at radius 3 is 2.24 bits per heavy atom. The molecule has 0 aromatic heterocycles. The molecular weight excluding hydrogens is 494 g/mol. The molecule has 1 aliphatic carbocycles. The Kier molecular flexibility index (Phi) is 8.71. The zero-order valence-electron chi connectivity index (χ0n) is 20.9. The fraction of sp³-hybridized carbons (Fsp3) is 0.345. The Hall–Kier alpha value is -3.10. The molecule has 0 atom stereocenters. The normalized spacial score (nSPS) is 18.1. The van der Waals surface area contributed by atoms with Gasteiger partial charge in [0.1, 0.15) is 16.5 Å². The molecule has 196 valence electrons. The van der Waals surface area contributed by atoms with Gasteiger partial charge < -0.3 is 5.32 Å². The number of nitrogens with one attached hydrogen (secondary N) is 1. The van der Waals surface area contributed by atoms with Gasteiger partial charge in [-0.15, -0.1) is 0 Å². The molecule has 0 spiro atoms. The summed E-state index contributed by atoms with van der Waals surface area (Å²) in [6.45, 7) is 2.78. The number of carbonyl (C=O) groups is 1. The summed E-state index contributed by atoms with van der Waals surface area (Å²) in [5.74, 6) is -2.00. The van der Waals surface area contributed by atoms with E-state index in [2.05, 4.69) is 5.32 Å². The Balaban J connectivity index is 1.41. The van der Waals surface area contributed by atoms with Gasteiger partial charge in [0.2, 0.25) is 15.9 Å². The van der Waals surface area contributed by atoms with Crippen molar-refractivity contribution in [2.24, 2.45) is 11.8 Å². The molecule has 3 aromatic rings. The summed E-state index contributed by atoms with van der Waals surface area (Å²) in [5.41, 5.74) is 2.99. The zero-order chi connectivity index (χ0) is 26.4. The summed E-state index contributed by atoms with van der Waals surface area (Å²) in [4.78, 5) is 12.2. The SMILES string of the molecule is Cc1ccc(CNC(=O)C2CCC(CN(Cc3ccccc3)S(=O)(=O)c3ccc(F)cc3F)CC2)cc1. The van der Waals surface area contributed by atoms with Gasteiger partial charge in [0.15, 0.2) is 0 Å². The number of hydrogen-bond donors (Lipinski definition) is 1. The summed E-state index contributed by atoms with van der Waals surface area (Å²) in [6.07, 6.45) is 2.70.